The van der Waals surface area contributed by atoms with Gasteiger partial charge < -0.3 is 15.0 Å². The zero-order valence-corrected chi connectivity index (χ0v) is 18.8. The third-order valence-corrected chi connectivity index (χ3v) is 6.18. The van der Waals surface area contributed by atoms with Gasteiger partial charge in [-0.25, -0.2) is 4.98 Å². The second-order valence-electron chi connectivity index (χ2n) is 9.31. The van der Waals surface area contributed by atoms with Crippen molar-refractivity contribution < 1.29 is 5.11 Å². The van der Waals surface area contributed by atoms with E-state index < -0.39 is 0 Å². The maximum absolute atomic E-state index is 13.0. The highest BCUT2D eigenvalue weighted by Gasteiger charge is 2.39. The topological polar surface area (TPSA) is 87.0 Å². The Hall–Kier alpha value is -3.45. The molecule has 2 N–H and O–H groups in total. The number of aromatic amines is 1. The first-order chi connectivity index (χ1) is 15.3. The van der Waals surface area contributed by atoms with Crippen molar-refractivity contribution in [2.75, 3.05) is 4.90 Å². The Balaban J connectivity index is 1.64. The first kappa shape index (κ1) is 20.5. The largest absolute Gasteiger partial charge is 0.392 e. The first-order valence-electron chi connectivity index (χ1n) is 10.9. The summed E-state index contributed by atoms with van der Waals surface area (Å²) in [4.78, 5) is 28.0. The molecule has 164 valence electrons. The van der Waals surface area contributed by atoms with Crippen LogP contribution in [0.25, 0.3) is 33.4 Å². The van der Waals surface area contributed by atoms with Gasteiger partial charge in [0.05, 0.1) is 30.1 Å². The van der Waals surface area contributed by atoms with Gasteiger partial charge in [0.2, 0.25) is 5.95 Å². The van der Waals surface area contributed by atoms with E-state index in [9.17, 15) is 9.90 Å². The van der Waals surface area contributed by atoms with Gasteiger partial charge in [-0.1, -0.05) is 12.1 Å². The Morgan fingerprint density at radius 1 is 1.16 bits per heavy atom. The highest BCUT2D eigenvalue weighted by molar-refractivity contribution is 5.97. The third-order valence-electron chi connectivity index (χ3n) is 6.18. The van der Waals surface area contributed by atoms with Crippen molar-refractivity contribution in [2.24, 2.45) is 0 Å². The molecule has 7 heteroatoms. The number of anilines is 1. The summed E-state index contributed by atoms with van der Waals surface area (Å²) in [5, 5.41) is 10.3. The SMILES string of the molecule is CC(C)N1c2nc(-c3c[nH]c4ccc(-c5ccc(CO)cn5)cc34)cc(=O)n2CC1(C)C. The zero-order chi connectivity index (χ0) is 22.6. The summed E-state index contributed by atoms with van der Waals surface area (Å²) in [7, 11) is 0. The first-order valence-corrected chi connectivity index (χ1v) is 10.9. The Labute approximate surface area is 186 Å². The lowest BCUT2D eigenvalue weighted by molar-refractivity contribution is 0.281. The number of rotatable bonds is 4. The second kappa shape index (κ2) is 7.31. The van der Waals surface area contributed by atoms with Crippen LogP contribution >= 0.6 is 0 Å². The third kappa shape index (κ3) is 3.20. The summed E-state index contributed by atoms with van der Waals surface area (Å²) in [5.74, 6) is 0.722. The van der Waals surface area contributed by atoms with E-state index in [-0.39, 0.29) is 23.7 Å². The Morgan fingerprint density at radius 2 is 1.97 bits per heavy atom. The van der Waals surface area contributed by atoms with Gasteiger partial charge in [-0.05, 0) is 51.5 Å². The van der Waals surface area contributed by atoms with E-state index in [4.69, 9.17) is 4.98 Å². The van der Waals surface area contributed by atoms with Gasteiger partial charge in [-0.15, -0.1) is 0 Å². The van der Waals surface area contributed by atoms with Crippen LogP contribution in [0.1, 0.15) is 33.3 Å². The molecule has 0 amide bonds. The minimum absolute atomic E-state index is 0.0297. The number of hydrogen-bond acceptors (Lipinski definition) is 5. The fourth-order valence-electron chi connectivity index (χ4n) is 4.81. The molecule has 0 fully saturated rings. The summed E-state index contributed by atoms with van der Waals surface area (Å²) < 4.78 is 1.77. The zero-order valence-electron chi connectivity index (χ0n) is 18.8. The van der Waals surface area contributed by atoms with E-state index in [1.54, 1.807) is 16.8 Å². The molecule has 0 unspecified atom stereocenters. The molecular formula is C25H27N5O2. The number of nitrogens with one attached hydrogen (secondary N) is 1. The van der Waals surface area contributed by atoms with Gasteiger partial charge in [0.25, 0.3) is 5.56 Å². The van der Waals surface area contributed by atoms with Crippen LogP contribution in [0.2, 0.25) is 0 Å². The fourth-order valence-corrected chi connectivity index (χ4v) is 4.81. The normalized spacial score (nSPS) is 15.0. The Morgan fingerprint density at radius 3 is 2.66 bits per heavy atom. The smallest absolute Gasteiger partial charge is 0.255 e. The minimum atomic E-state index is -0.175. The second-order valence-corrected chi connectivity index (χ2v) is 9.31. The van der Waals surface area contributed by atoms with Crippen LogP contribution in [0.4, 0.5) is 5.95 Å². The number of benzene rings is 1. The van der Waals surface area contributed by atoms with Crippen LogP contribution in [0.3, 0.4) is 0 Å². The molecule has 1 aliphatic heterocycles. The van der Waals surface area contributed by atoms with Gasteiger partial charge in [0, 0.05) is 46.5 Å². The molecule has 1 aliphatic rings. The van der Waals surface area contributed by atoms with E-state index in [0.29, 0.717) is 12.2 Å². The summed E-state index contributed by atoms with van der Waals surface area (Å²) in [6.45, 7) is 9.15. The van der Waals surface area contributed by atoms with Crippen molar-refractivity contribution in [1.82, 2.24) is 19.5 Å². The molecule has 0 aliphatic carbocycles. The predicted octanol–water partition coefficient (Wildman–Crippen LogP) is 3.95. The number of aromatic nitrogens is 4. The molecule has 0 radical (unpaired) electrons. The van der Waals surface area contributed by atoms with E-state index in [1.807, 2.05) is 30.5 Å². The molecule has 3 aromatic heterocycles. The van der Waals surface area contributed by atoms with Crippen LogP contribution in [0.5, 0.6) is 0 Å². The number of pyridine rings is 1. The quantitative estimate of drug-likeness (QED) is 0.513. The molecule has 0 atom stereocenters. The number of aliphatic hydroxyl groups is 1. The molecule has 0 bridgehead atoms. The molecule has 4 aromatic rings. The molecule has 0 saturated carbocycles. The number of hydrogen-bond donors (Lipinski definition) is 2. The highest BCUT2D eigenvalue weighted by Crippen LogP contribution is 2.36. The molecular weight excluding hydrogens is 402 g/mol. The Kier molecular flexibility index (Phi) is 4.67. The van der Waals surface area contributed by atoms with Crippen molar-refractivity contribution in [3.05, 3.63) is 64.7 Å². The average Bonchev–Trinajstić information content (AvgIpc) is 3.30. The number of fused-ring (bicyclic) bond motifs is 2. The lowest BCUT2D eigenvalue weighted by Crippen LogP contribution is -2.45. The lowest BCUT2D eigenvalue weighted by Gasteiger charge is -2.35. The van der Waals surface area contributed by atoms with Crippen LogP contribution < -0.4 is 10.5 Å². The van der Waals surface area contributed by atoms with Crippen molar-refractivity contribution in [1.29, 1.82) is 0 Å². The number of aliphatic hydroxyl groups excluding tert-OH is 1. The van der Waals surface area contributed by atoms with E-state index in [0.717, 1.165) is 39.2 Å². The number of H-pyrrole nitrogens is 1. The Bertz CT molecular complexity index is 1370. The molecule has 0 saturated heterocycles. The van der Waals surface area contributed by atoms with E-state index in [1.165, 1.54) is 0 Å². The summed E-state index contributed by atoms with van der Waals surface area (Å²) in [5.41, 5.74) is 4.88. The van der Waals surface area contributed by atoms with Crippen LogP contribution in [-0.2, 0) is 13.2 Å². The highest BCUT2D eigenvalue weighted by atomic mass is 16.3. The minimum Gasteiger partial charge on any atom is -0.392 e. The maximum Gasteiger partial charge on any atom is 0.255 e. The average molecular weight is 430 g/mol. The monoisotopic (exact) mass is 429 g/mol. The summed E-state index contributed by atoms with van der Waals surface area (Å²) >= 11 is 0. The van der Waals surface area contributed by atoms with Gasteiger partial charge in [-0.2, -0.15) is 0 Å². The van der Waals surface area contributed by atoms with Crippen LogP contribution in [0.15, 0.2) is 53.6 Å². The van der Waals surface area contributed by atoms with Gasteiger partial charge >= 0.3 is 0 Å². The fraction of sp³-hybridized carbons (Fsp3) is 0.320. The van der Waals surface area contributed by atoms with E-state index in [2.05, 4.69) is 48.6 Å². The molecule has 5 rings (SSSR count). The lowest BCUT2D eigenvalue weighted by atomic mass is 10.0. The predicted molar refractivity (Wildman–Crippen MR) is 127 cm³/mol. The van der Waals surface area contributed by atoms with Crippen LogP contribution in [0, 0.1) is 0 Å². The standard InChI is InChI=1S/C25H27N5O2/c1-15(2)30-24-28-22(10-23(32)29(24)14-25(30,3)4)19-12-27-21-8-6-17(9-18(19)21)20-7-5-16(13-31)11-26-20/h5-12,15,27,31H,13-14H2,1-4H3. The maximum atomic E-state index is 13.0. The van der Waals surface area contributed by atoms with Crippen LogP contribution in [-0.4, -0.2) is 36.2 Å². The van der Waals surface area contributed by atoms with Gasteiger partial charge in [0.15, 0.2) is 0 Å². The van der Waals surface area contributed by atoms with Crippen molar-refractivity contribution >= 4 is 16.9 Å². The van der Waals surface area contributed by atoms with Gasteiger partial charge in [-0.3, -0.25) is 14.3 Å². The summed E-state index contributed by atoms with van der Waals surface area (Å²) in [6.07, 6.45) is 3.60. The molecule has 32 heavy (non-hydrogen) atoms. The van der Waals surface area contributed by atoms with Gasteiger partial charge in [0.1, 0.15) is 0 Å². The number of nitrogens with zero attached hydrogens (tertiary/aromatic N) is 4. The molecule has 0 spiro atoms. The van der Waals surface area contributed by atoms with Crippen molar-refractivity contribution in [3.8, 4) is 22.5 Å². The molecule has 7 nitrogen and oxygen atoms in total. The summed E-state index contributed by atoms with van der Waals surface area (Å²) in [6, 6.07) is 11.7. The molecule has 4 heterocycles. The van der Waals surface area contributed by atoms with Crippen molar-refractivity contribution in [2.45, 2.75) is 52.4 Å². The van der Waals surface area contributed by atoms with Crippen molar-refractivity contribution in [3.63, 3.8) is 0 Å². The van der Waals surface area contributed by atoms with E-state index >= 15 is 0 Å². The molecule has 1 aromatic carbocycles.